The van der Waals surface area contributed by atoms with Crippen LogP contribution < -0.4 is 0 Å². The highest BCUT2D eigenvalue weighted by molar-refractivity contribution is 4.72. The molecule has 2 nitrogen and oxygen atoms in total. The van der Waals surface area contributed by atoms with E-state index in [1.807, 2.05) is 13.8 Å². The Morgan fingerprint density at radius 2 is 1.64 bits per heavy atom. The molecule has 1 unspecified atom stereocenters. The average molecular weight is 203 g/mol. The molecule has 1 N–H and O–H groups in total. The van der Waals surface area contributed by atoms with Crippen molar-refractivity contribution in [2.24, 2.45) is 5.92 Å². The second kappa shape index (κ2) is 11.0. The normalized spacial score (nSPS) is 12.6. The monoisotopic (exact) mass is 203 g/mol. The maximum absolute atomic E-state index is 8.85. The van der Waals surface area contributed by atoms with Crippen LogP contribution in [0.2, 0.25) is 0 Å². The lowest BCUT2D eigenvalue weighted by atomic mass is 10.00. The van der Waals surface area contributed by atoms with E-state index >= 15 is 0 Å². The number of hydrogen-bond acceptors (Lipinski definition) is 2. The van der Waals surface area contributed by atoms with E-state index in [1.54, 1.807) is 0 Å². The van der Waals surface area contributed by atoms with Crippen molar-refractivity contribution in [1.82, 2.24) is 4.90 Å². The lowest BCUT2D eigenvalue weighted by molar-refractivity contribution is 0.125. The first-order valence-corrected chi connectivity index (χ1v) is 6.02. The SMILES string of the molecule is CC.CCC(C(C)C)N(CC)CCO. The molecule has 14 heavy (non-hydrogen) atoms. The summed E-state index contributed by atoms with van der Waals surface area (Å²) in [6.07, 6.45) is 1.17. The minimum atomic E-state index is 0.275. The Hall–Kier alpha value is -0.0800. The van der Waals surface area contributed by atoms with E-state index in [2.05, 4.69) is 32.6 Å². The molecule has 0 fully saturated rings. The summed E-state index contributed by atoms with van der Waals surface area (Å²) >= 11 is 0. The fourth-order valence-corrected chi connectivity index (χ4v) is 1.84. The topological polar surface area (TPSA) is 23.5 Å². The maximum Gasteiger partial charge on any atom is 0.0558 e. The van der Waals surface area contributed by atoms with Crippen LogP contribution in [0.1, 0.15) is 48.0 Å². The second-order valence-electron chi connectivity index (χ2n) is 3.57. The Morgan fingerprint density at radius 3 is 1.86 bits per heavy atom. The summed E-state index contributed by atoms with van der Waals surface area (Å²) in [5.74, 6) is 0.682. The van der Waals surface area contributed by atoms with E-state index in [1.165, 1.54) is 6.42 Å². The van der Waals surface area contributed by atoms with Crippen LogP contribution in [-0.2, 0) is 0 Å². The van der Waals surface area contributed by atoms with E-state index in [-0.39, 0.29) is 6.61 Å². The molecule has 0 radical (unpaired) electrons. The lowest BCUT2D eigenvalue weighted by Gasteiger charge is -2.32. The molecule has 0 heterocycles. The van der Waals surface area contributed by atoms with E-state index in [4.69, 9.17) is 5.11 Å². The zero-order valence-electron chi connectivity index (χ0n) is 10.9. The average Bonchev–Trinajstić information content (AvgIpc) is 2.20. The highest BCUT2D eigenvalue weighted by Crippen LogP contribution is 2.13. The molecule has 0 amide bonds. The van der Waals surface area contributed by atoms with Crippen LogP contribution in [0.3, 0.4) is 0 Å². The van der Waals surface area contributed by atoms with Crippen molar-refractivity contribution in [2.45, 2.75) is 54.0 Å². The largest absolute Gasteiger partial charge is 0.395 e. The van der Waals surface area contributed by atoms with Gasteiger partial charge in [-0.1, -0.05) is 41.5 Å². The molecule has 0 aliphatic carbocycles. The third-order valence-corrected chi connectivity index (χ3v) is 2.45. The fourth-order valence-electron chi connectivity index (χ4n) is 1.84. The third kappa shape index (κ3) is 6.39. The molecule has 0 aromatic heterocycles. The van der Waals surface area contributed by atoms with Gasteiger partial charge in [0.05, 0.1) is 6.61 Å². The van der Waals surface area contributed by atoms with Gasteiger partial charge in [0.2, 0.25) is 0 Å². The van der Waals surface area contributed by atoms with Crippen LogP contribution in [0, 0.1) is 5.92 Å². The summed E-state index contributed by atoms with van der Waals surface area (Å²) in [4.78, 5) is 2.35. The van der Waals surface area contributed by atoms with Crippen molar-refractivity contribution >= 4 is 0 Å². The Bertz CT molecular complexity index is 104. The zero-order chi connectivity index (χ0) is 11.6. The van der Waals surface area contributed by atoms with Gasteiger partial charge < -0.3 is 5.11 Å². The fraction of sp³-hybridized carbons (Fsp3) is 1.00. The third-order valence-electron chi connectivity index (χ3n) is 2.45. The van der Waals surface area contributed by atoms with Crippen LogP contribution in [0.4, 0.5) is 0 Å². The number of hydrogen-bond donors (Lipinski definition) is 1. The van der Waals surface area contributed by atoms with Crippen molar-refractivity contribution < 1.29 is 5.11 Å². The van der Waals surface area contributed by atoms with Crippen molar-refractivity contribution in [1.29, 1.82) is 0 Å². The smallest absolute Gasteiger partial charge is 0.0558 e. The summed E-state index contributed by atoms with van der Waals surface area (Å²) in [6.45, 7) is 15.0. The molecule has 0 rings (SSSR count). The highest BCUT2D eigenvalue weighted by Gasteiger charge is 2.17. The minimum Gasteiger partial charge on any atom is -0.395 e. The molecule has 88 valence electrons. The van der Waals surface area contributed by atoms with Gasteiger partial charge in [-0.15, -0.1) is 0 Å². The molecule has 2 heteroatoms. The van der Waals surface area contributed by atoms with Crippen LogP contribution in [-0.4, -0.2) is 35.7 Å². The Kier molecular flexibility index (Phi) is 12.8. The van der Waals surface area contributed by atoms with Gasteiger partial charge in [0.15, 0.2) is 0 Å². The van der Waals surface area contributed by atoms with Gasteiger partial charge in [0, 0.05) is 12.6 Å². The first kappa shape index (κ1) is 16.4. The maximum atomic E-state index is 8.85. The van der Waals surface area contributed by atoms with Gasteiger partial charge in [0.1, 0.15) is 0 Å². The van der Waals surface area contributed by atoms with Gasteiger partial charge in [0.25, 0.3) is 0 Å². The van der Waals surface area contributed by atoms with Crippen molar-refractivity contribution in [3.63, 3.8) is 0 Å². The highest BCUT2D eigenvalue weighted by atomic mass is 16.3. The van der Waals surface area contributed by atoms with Crippen LogP contribution in [0.15, 0.2) is 0 Å². The molecule has 0 aliphatic heterocycles. The molecule has 1 atom stereocenters. The first-order valence-electron chi connectivity index (χ1n) is 6.02. The lowest BCUT2D eigenvalue weighted by Crippen LogP contribution is -2.40. The van der Waals surface area contributed by atoms with E-state index < -0.39 is 0 Å². The minimum absolute atomic E-state index is 0.275. The molecule has 0 aliphatic rings. The van der Waals surface area contributed by atoms with Crippen LogP contribution in [0.25, 0.3) is 0 Å². The predicted octanol–water partition coefficient (Wildman–Crippen LogP) is 2.76. The molecule has 0 saturated heterocycles. The molecule has 0 bridgehead atoms. The number of aliphatic hydroxyl groups is 1. The van der Waals surface area contributed by atoms with E-state index in [0.717, 1.165) is 13.1 Å². The molecule has 0 aromatic carbocycles. The molecule has 0 saturated carbocycles. The van der Waals surface area contributed by atoms with Gasteiger partial charge >= 0.3 is 0 Å². The van der Waals surface area contributed by atoms with Crippen molar-refractivity contribution in [2.75, 3.05) is 19.7 Å². The van der Waals surface area contributed by atoms with Gasteiger partial charge in [-0.05, 0) is 18.9 Å². The molecule has 0 aromatic rings. The van der Waals surface area contributed by atoms with Crippen molar-refractivity contribution in [3.8, 4) is 0 Å². The summed E-state index contributed by atoms with van der Waals surface area (Å²) in [5, 5.41) is 8.85. The quantitative estimate of drug-likeness (QED) is 0.717. The summed E-state index contributed by atoms with van der Waals surface area (Å²) in [5.41, 5.74) is 0. The number of aliphatic hydroxyl groups excluding tert-OH is 1. The van der Waals surface area contributed by atoms with Gasteiger partial charge in [-0.25, -0.2) is 0 Å². The zero-order valence-corrected chi connectivity index (χ0v) is 10.9. The molecule has 0 spiro atoms. The van der Waals surface area contributed by atoms with E-state index in [9.17, 15) is 0 Å². The summed E-state index contributed by atoms with van der Waals surface area (Å²) in [7, 11) is 0. The number of nitrogens with zero attached hydrogens (tertiary/aromatic N) is 1. The summed E-state index contributed by atoms with van der Waals surface area (Å²) in [6, 6.07) is 0.627. The second-order valence-corrected chi connectivity index (χ2v) is 3.57. The van der Waals surface area contributed by atoms with Crippen molar-refractivity contribution in [3.05, 3.63) is 0 Å². The Balaban J connectivity index is 0. The van der Waals surface area contributed by atoms with E-state index in [0.29, 0.717) is 12.0 Å². The summed E-state index contributed by atoms with van der Waals surface area (Å²) < 4.78 is 0. The number of rotatable bonds is 6. The number of likely N-dealkylation sites (N-methyl/N-ethyl adjacent to an activating group) is 1. The predicted molar refractivity (Wildman–Crippen MR) is 64.6 cm³/mol. The molecular formula is C12H29NO. The van der Waals surface area contributed by atoms with Gasteiger partial charge in [-0.2, -0.15) is 0 Å². The Morgan fingerprint density at radius 1 is 1.14 bits per heavy atom. The van der Waals surface area contributed by atoms with Crippen LogP contribution >= 0.6 is 0 Å². The first-order chi connectivity index (χ1) is 6.67. The van der Waals surface area contributed by atoms with Crippen LogP contribution in [0.5, 0.6) is 0 Å². The standard InChI is InChI=1S/C10H23NO.C2H6/c1-5-10(9(3)4)11(6-2)7-8-12;1-2/h9-10,12H,5-8H2,1-4H3;1-2H3. The molecular weight excluding hydrogens is 174 g/mol. The van der Waals surface area contributed by atoms with Gasteiger partial charge in [-0.3, -0.25) is 4.90 Å². The Labute approximate surface area is 90.3 Å².